The Hall–Kier alpha value is -2.89. The van der Waals surface area contributed by atoms with Crippen molar-refractivity contribution in [3.63, 3.8) is 0 Å². The van der Waals surface area contributed by atoms with Crippen molar-refractivity contribution >= 4 is 5.82 Å². The number of oxazole rings is 1. The number of para-hydroxylation sites is 1. The third-order valence-corrected chi connectivity index (χ3v) is 4.72. The molecule has 6 heteroatoms. The summed E-state index contributed by atoms with van der Waals surface area (Å²) in [5.41, 5.74) is 1.09. The fourth-order valence-corrected chi connectivity index (χ4v) is 3.50. The van der Waals surface area contributed by atoms with Crippen molar-refractivity contribution in [1.29, 1.82) is 0 Å². The molecule has 3 aromatic rings. The summed E-state index contributed by atoms with van der Waals surface area (Å²) in [6.07, 6.45) is 6.39. The molecule has 0 radical (unpaired) electrons. The van der Waals surface area contributed by atoms with E-state index < -0.39 is 0 Å². The van der Waals surface area contributed by atoms with Crippen molar-refractivity contribution in [2.45, 2.75) is 32.2 Å². The molecule has 0 aliphatic carbocycles. The Labute approximate surface area is 152 Å². The fraction of sp³-hybridized carbons (Fsp3) is 0.350. The predicted octanol–water partition coefficient (Wildman–Crippen LogP) is 3.71. The standard InChI is InChI=1S/C20H22N4O2/c1-14-21-10-9-19(23-14)24-11-5-7-17(24)20-22-13-16(26-20)12-15-6-3-4-8-18(15)25-2/h3-4,6,8-10,13,17H,5,7,11-12H2,1-2H3/t17-/m1/s1. The van der Waals surface area contributed by atoms with Crippen LogP contribution in [-0.2, 0) is 6.42 Å². The lowest BCUT2D eigenvalue weighted by atomic mass is 10.1. The lowest BCUT2D eigenvalue weighted by molar-refractivity contribution is 0.403. The van der Waals surface area contributed by atoms with Crippen molar-refractivity contribution in [1.82, 2.24) is 15.0 Å². The summed E-state index contributed by atoms with van der Waals surface area (Å²) in [6.45, 7) is 2.86. The normalized spacial score (nSPS) is 16.8. The Morgan fingerprint density at radius 1 is 1.23 bits per heavy atom. The first kappa shape index (κ1) is 16.6. The van der Waals surface area contributed by atoms with Crippen LogP contribution >= 0.6 is 0 Å². The molecule has 3 heterocycles. The third-order valence-electron chi connectivity index (χ3n) is 4.72. The molecule has 0 spiro atoms. The molecule has 0 bridgehead atoms. The highest BCUT2D eigenvalue weighted by Crippen LogP contribution is 2.35. The molecule has 6 nitrogen and oxygen atoms in total. The van der Waals surface area contributed by atoms with Crippen molar-refractivity contribution in [2.24, 2.45) is 0 Å². The number of aryl methyl sites for hydroxylation is 1. The molecule has 1 atom stereocenters. The van der Waals surface area contributed by atoms with Crippen LogP contribution in [0.1, 0.15) is 41.9 Å². The summed E-state index contributed by atoms with van der Waals surface area (Å²) in [5.74, 6) is 4.17. The summed E-state index contributed by atoms with van der Waals surface area (Å²) in [6, 6.07) is 10.1. The Bertz CT molecular complexity index is 893. The SMILES string of the molecule is COc1ccccc1Cc1cnc([C@H]2CCCN2c2ccnc(C)n2)o1. The largest absolute Gasteiger partial charge is 0.496 e. The van der Waals surface area contributed by atoms with Gasteiger partial charge in [-0.1, -0.05) is 18.2 Å². The van der Waals surface area contributed by atoms with Gasteiger partial charge in [-0.05, 0) is 31.9 Å². The van der Waals surface area contributed by atoms with E-state index in [1.54, 1.807) is 13.3 Å². The average Bonchev–Trinajstić information content (AvgIpc) is 3.31. The molecular formula is C20H22N4O2. The summed E-state index contributed by atoms with van der Waals surface area (Å²) >= 11 is 0. The van der Waals surface area contributed by atoms with Gasteiger partial charge in [-0.2, -0.15) is 0 Å². The third kappa shape index (κ3) is 3.27. The van der Waals surface area contributed by atoms with E-state index in [2.05, 4.69) is 19.9 Å². The van der Waals surface area contributed by atoms with Crippen LogP contribution < -0.4 is 9.64 Å². The van der Waals surface area contributed by atoms with Crippen LogP contribution in [0.15, 0.2) is 47.1 Å². The monoisotopic (exact) mass is 350 g/mol. The van der Waals surface area contributed by atoms with Gasteiger partial charge in [0, 0.05) is 24.7 Å². The van der Waals surface area contributed by atoms with E-state index in [0.29, 0.717) is 6.42 Å². The number of nitrogens with zero attached hydrogens (tertiary/aromatic N) is 4. The van der Waals surface area contributed by atoms with E-state index in [9.17, 15) is 0 Å². The van der Waals surface area contributed by atoms with Gasteiger partial charge in [0.05, 0.1) is 13.3 Å². The number of methoxy groups -OCH3 is 1. The Balaban J connectivity index is 1.55. The Morgan fingerprint density at radius 2 is 2.12 bits per heavy atom. The predicted molar refractivity (Wildman–Crippen MR) is 98.4 cm³/mol. The zero-order valence-corrected chi connectivity index (χ0v) is 15.1. The molecule has 4 rings (SSSR count). The number of hydrogen-bond acceptors (Lipinski definition) is 6. The van der Waals surface area contributed by atoms with Crippen LogP contribution in [0.5, 0.6) is 5.75 Å². The van der Waals surface area contributed by atoms with Gasteiger partial charge in [0.1, 0.15) is 29.2 Å². The van der Waals surface area contributed by atoms with Gasteiger partial charge in [-0.25, -0.2) is 15.0 Å². The summed E-state index contributed by atoms with van der Waals surface area (Å²) < 4.78 is 11.5. The first-order valence-corrected chi connectivity index (χ1v) is 8.87. The highest BCUT2D eigenvalue weighted by atomic mass is 16.5. The maximum absolute atomic E-state index is 6.10. The molecule has 1 aliphatic rings. The second-order valence-corrected chi connectivity index (χ2v) is 6.47. The lowest BCUT2D eigenvalue weighted by Crippen LogP contribution is -2.24. The molecule has 1 fully saturated rings. The van der Waals surface area contributed by atoms with E-state index in [-0.39, 0.29) is 6.04 Å². The van der Waals surface area contributed by atoms with Crippen LogP contribution in [0.3, 0.4) is 0 Å². The van der Waals surface area contributed by atoms with E-state index in [1.807, 2.05) is 43.5 Å². The van der Waals surface area contributed by atoms with Gasteiger partial charge in [0.2, 0.25) is 5.89 Å². The van der Waals surface area contributed by atoms with Crippen LogP contribution in [0.25, 0.3) is 0 Å². The number of anilines is 1. The molecule has 1 aliphatic heterocycles. The smallest absolute Gasteiger partial charge is 0.217 e. The van der Waals surface area contributed by atoms with Crippen LogP contribution in [-0.4, -0.2) is 28.6 Å². The average molecular weight is 350 g/mol. The van der Waals surface area contributed by atoms with Gasteiger partial charge in [-0.3, -0.25) is 0 Å². The summed E-state index contributed by atoms with van der Waals surface area (Å²) in [5, 5.41) is 0. The van der Waals surface area contributed by atoms with Crippen LogP contribution in [0, 0.1) is 6.92 Å². The fourth-order valence-electron chi connectivity index (χ4n) is 3.50. The van der Waals surface area contributed by atoms with Crippen molar-refractivity contribution < 1.29 is 9.15 Å². The number of aromatic nitrogens is 3. The molecule has 1 aromatic carbocycles. The van der Waals surface area contributed by atoms with Crippen LogP contribution in [0.2, 0.25) is 0 Å². The highest BCUT2D eigenvalue weighted by Gasteiger charge is 2.31. The number of benzene rings is 1. The zero-order valence-electron chi connectivity index (χ0n) is 15.1. The van der Waals surface area contributed by atoms with Crippen molar-refractivity contribution in [3.05, 3.63) is 65.8 Å². The molecule has 134 valence electrons. The number of ether oxygens (including phenoxy) is 1. The van der Waals surface area contributed by atoms with Gasteiger partial charge < -0.3 is 14.1 Å². The first-order valence-electron chi connectivity index (χ1n) is 8.87. The molecule has 0 saturated carbocycles. The molecule has 1 saturated heterocycles. The minimum atomic E-state index is 0.121. The quantitative estimate of drug-likeness (QED) is 0.699. The minimum absolute atomic E-state index is 0.121. The van der Waals surface area contributed by atoms with Crippen molar-refractivity contribution in [3.8, 4) is 5.75 Å². The maximum Gasteiger partial charge on any atom is 0.217 e. The molecule has 2 aromatic heterocycles. The zero-order chi connectivity index (χ0) is 17.9. The Kier molecular flexibility index (Phi) is 4.56. The van der Waals surface area contributed by atoms with E-state index in [4.69, 9.17) is 9.15 Å². The molecular weight excluding hydrogens is 328 g/mol. The first-order chi connectivity index (χ1) is 12.7. The molecule has 0 unspecified atom stereocenters. The lowest BCUT2D eigenvalue weighted by Gasteiger charge is -2.23. The van der Waals surface area contributed by atoms with Gasteiger partial charge in [0.15, 0.2) is 0 Å². The van der Waals surface area contributed by atoms with Gasteiger partial charge in [0.25, 0.3) is 0 Å². The van der Waals surface area contributed by atoms with Crippen molar-refractivity contribution in [2.75, 3.05) is 18.6 Å². The summed E-state index contributed by atoms with van der Waals surface area (Å²) in [7, 11) is 1.69. The highest BCUT2D eigenvalue weighted by molar-refractivity contribution is 5.41. The second kappa shape index (κ2) is 7.15. The molecule has 26 heavy (non-hydrogen) atoms. The van der Waals surface area contributed by atoms with Gasteiger partial charge >= 0.3 is 0 Å². The minimum Gasteiger partial charge on any atom is -0.496 e. The number of hydrogen-bond donors (Lipinski definition) is 0. The van der Waals surface area contributed by atoms with E-state index in [1.165, 1.54) is 0 Å². The molecule has 0 N–H and O–H groups in total. The van der Waals surface area contributed by atoms with Gasteiger partial charge in [-0.15, -0.1) is 0 Å². The van der Waals surface area contributed by atoms with Crippen LogP contribution in [0.4, 0.5) is 5.82 Å². The number of rotatable bonds is 5. The Morgan fingerprint density at radius 3 is 2.96 bits per heavy atom. The van der Waals surface area contributed by atoms with E-state index in [0.717, 1.165) is 54.0 Å². The second-order valence-electron chi connectivity index (χ2n) is 6.47. The van der Waals surface area contributed by atoms with E-state index >= 15 is 0 Å². The topological polar surface area (TPSA) is 64.3 Å². The summed E-state index contributed by atoms with van der Waals surface area (Å²) in [4.78, 5) is 15.6. The molecule has 0 amide bonds. The maximum atomic E-state index is 6.10.